The van der Waals surface area contributed by atoms with Gasteiger partial charge in [-0.2, -0.15) is 0 Å². The van der Waals surface area contributed by atoms with Crippen molar-refractivity contribution in [2.24, 2.45) is 40.9 Å². The summed E-state index contributed by atoms with van der Waals surface area (Å²) in [5.74, 6) is 4.88. The molecule has 7 aliphatic rings. The smallest absolute Gasteiger partial charge is 0.0765 e. The van der Waals surface area contributed by atoms with Crippen LogP contribution in [0.2, 0.25) is 0 Å². The summed E-state index contributed by atoms with van der Waals surface area (Å²) >= 11 is 0. The molecule has 11 atom stereocenters. The predicted octanol–water partition coefficient (Wildman–Crippen LogP) is 5.52. The summed E-state index contributed by atoms with van der Waals surface area (Å²) in [6.07, 6.45) is 18.0. The molecule has 0 radical (unpaired) electrons. The Kier molecular flexibility index (Phi) is 5.43. The number of fused-ring (bicyclic) bond motifs is 6. The average Bonchev–Trinajstić information content (AvgIpc) is 3.53. The number of nitrogens with one attached hydrogen (secondary N) is 3. The molecule has 0 aromatic carbocycles. The molecule has 5 fully saturated rings. The fourth-order valence-corrected chi connectivity index (χ4v) is 10.5. The van der Waals surface area contributed by atoms with Crippen molar-refractivity contribution in [3.05, 3.63) is 23.5 Å². The van der Waals surface area contributed by atoms with Crippen molar-refractivity contribution in [1.29, 1.82) is 0 Å². The Bertz CT molecular complexity index is 923. The van der Waals surface area contributed by atoms with E-state index in [0.717, 1.165) is 29.6 Å². The van der Waals surface area contributed by atoms with Crippen molar-refractivity contribution < 1.29 is 6.16 Å². The van der Waals surface area contributed by atoms with Crippen LogP contribution in [-0.4, -0.2) is 35.3 Å². The zero-order chi connectivity index (χ0) is 23.9. The first-order valence-electron chi connectivity index (χ1n) is 14.9. The Morgan fingerprint density at radius 3 is 2.83 bits per heavy atom. The van der Waals surface area contributed by atoms with E-state index in [-0.39, 0.29) is 7.03 Å². The second kappa shape index (κ2) is 8.23. The zero-order valence-corrected chi connectivity index (χ0v) is 22.5. The highest BCUT2D eigenvalue weighted by Crippen LogP contribution is 2.65. The molecule has 0 aromatic heterocycles. The molecular formula is C30H50N4O. The van der Waals surface area contributed by atoms with E-state index < -0.39 is 0 Å². The van der Waals surface area contributed by atoms with Crippen LogP contribution < -0.4 is 16.3 Å². The summed E-state index contributed by atoms with van der Waals surface area (Å²) in [6.45, 7) is 11.2. The van der Waals surface area contributed by atoms with Gasteiger partial charge in [0, 0.05) is 31.8 Å². The van der Waals surface area contributed by atoms with Gasteiger partial charge in [0.05, 0.1) is 11.7 Å². The summed E-state index contributed by atoms with van der Waals surface area (Å²) < 4.78 is 7.08. The number of rotatable bonds is 1. The maximum atomic E-state index is 7.08. The summed E-state index contributed by atoms with van der Waals surface area (Å²) in [7, 11) is 0. The fraction of sp³-hybridized carbons (Fsp3) is 0.867. The summed E-state index contributed by atoms with van der Waals surface area (Å²) in [5.41, 5.74) is 10.7. The molecule has 3 aliphatic heterocycles. The molecule has 7 rings (SSSR count). The van der Waals surface area contributed by atoms with E-state index in [9.17, 15) is 0 Å². The van der Waals surface area contributed by atoms with Gasteiger partial charge in [0.1, 0.15) is 0 Å². The fourth-order valence-electron chi connectivity index (χ4n) is 10.5. The van der Waals surface area contributed by atoms with E-state index in [0.29, 0.717) is 29.5 Å². The van der Waals surface area contributed by atoms with Crippen molar-refractivity contribution in [2.45, 2.75) is 116 Å². The summed E-state index contributed by atoms with van der Waals surface area (Å²) in [6, 6.07) is 1.21. The highest BCUT2D eigenvalue weighted by atomic mass is 16.5. The van der Waals surface area contributed by atoms with Gasteiger partial charge in [0.15, 0.2) is 0 Å². The molecule has 3 saturated carbocycles. The second-order valence-electron chi connectivity index (χ2n) is 14.1. The molecular weight excluding hydrogens is 432 g/mol. The largest absolute Gasteiger partial charge is 0.369 e. The van der Waals surface area contributed by atoms with Crippen LogP contribution in [0.25, 0.3) is 0 Å². The molecule has 35 heavy (non-hydrogen) atoms. The van der Waals surface area contributed by atoms with E-state index in [1.807, 2.05) is 11.8 Å². The quantitative estimate of drug-likeness (QED) is 0.430. The molecule has 196 valence electrons. The molecule has 1 spiro atoms. The molecule has 5 heteroatoms. The van der Waals surface area contributed by atoms with E-state index in [1.165, 1.54) is 70.8 Å². The van der Waals surface area contributed by atoms with Gasteiger partial charge in [-0.25, -0.2) is 0 Å². The van der Waals surface area contributed by atoms with Crippen LogP contribution in [0.4, 0.5) is 0 Å². The first kappa shape index (κ1) is 23.1. The Morgan fingerprint density at radius 2 is 2.00 bits per heavy atom. The Morgan fingerprint density at radius 1 is 1.11 bits per heavy atom. The molecule has 5 nitrogen and oxygen atoms in total. The average molecular weight is 483 g/mol. The van der Waals surface area contributed by atoms with Crippen LogP contribution in [-0.2, 0) is 4.74 Å². The number of nitrogens with zero attached hydrogens (tertiary/aromatic N) is 1. The third-order valence-electron chi connectivity index (χ3n) is 12.5. The van der Waals surface area contributed by atoms with Gasteiger partial charge in [-0.3, -0.25) is 5.01 Å². The van der Waals surface area contributed by atoms with Crippen LogP contribution in [0, 0.1) is 40.9 Å². The molecule has 0 aromatic rings. The standard InChI is InChI=1S/C30H48N4O.H2/c1-18-13-27-28(31-17-18)20(3)30(35-27)10-8-23-24-6-5-21-14-22(34-12-11-32-33-34)7-9-29(21,4)26(24)15-25(23)19(2)16-30;/h11-12,18,20-24,26-28,31-33H,5-10,13-17H2,1-4H3;1H/t18-,20+,21+,22+,23-,24-,26-,27?,28-,29-,30-;/m0./s1. The lowest BCUT2D eigenvalue weighted by atomic mass is 9.52. The number of piperidine rings is 1. The Hall–Kier alpha value is -1.04. The molecule has 2 saturated heterocycles. The monoisotopic (exact) mass is 482 g/mol. The van der Waals surface area contributed by atoms with Gasteiger partial charge >= 0.3 is 0 Å². The van der Waals surface area contributed by atoms with Crippen molar-refractivity contribution >= 4 is 0 Å². The molecule has 0 bridgehead atoms. The minimum Gasteiger partial charge on any atom is -0.369 e. The van der Waals surface area contributed by atoms with Gasteiger partial charge in [-0.15, -0.1) is 5.53 Å². The van der Waals surface area contributed by atoms with Gasteiger partial charge in [-0.1, -0.05) is 31.9 Å². The van der Waals surface area contributed by atoms with E-state index in [1.54, 1.807) is 5.57 Å². The van der Waals surface area contributed by atoms with Gasteiger partial charge in [0.25, 0.3) is 0 Å². The van der Waals surface area contributed by atoms with Crippen molar-refractivity contribution in [3.8, 4) is 0 Å². The zero-order valence-electron chi connectivity index (χ0n) is 22.5. The SMILES string of the molecule is CC1=C2C[C@H]3[C@@H](CC[C@@H]4C[C@H](N5C=CNN5)CC[C@@]43C)[C@@H]2CC[C@@]2(C1)OC1C[C@H](C)CN[C@H]1[C@H]2C.[HH]. The minimum absolute atomic E-state index is 0. The number of hydrogen-bond donors (Lipinski definition) is 3. The lowest BCUT2D eigenvalue weighted by Crippen LogP contribution is -2.52. The van der Waals surface area contributed by atoms with E-state index in [4.69, 9.17) is 4.74 Å². The predicted molar refractivity (Wildman–Crippen MR) is 142 cm³/mol. The number of hydrogen-bond acceptors (Lipinski definition) is 5. The highest BCUT2D eigenvalue weighted by molar-refractivity contribution is 5.29. The summed E-state index contributed by atoms with van der Waals surface area (Å²) in [5, 5.41) is 6.21. The Balaban J connectivity index is 0.00000240. The normalized spacial score (nSPS) is 53.1. The van der Waals surface area contributed by atoms with Crippen LogP contribution in [0.15, 0.2) is 23.5 Å². The first-order valence-corrected chi connectivity index (χ1v) is 14.9. The number of allylic oxidation sites excluding steroid dienone is 1. The van der Waals surface area contributed by atoms with Crippen LogP contribution in [0.1, 0.15) is 93.3 Å². The molecule has 1 unspecified atom stereocenters. The van der Waals surface area contributed by atoms with Crippen LogP contribution in [0.5, 0.6) is 0 Å². The van der Waals surface area contributed by atoms with Crippen molar-refractivity contribution in [2.75, 3.05) is 6.54 Å². The number of ether oxygens (including phenoxy) is 1. The van der Waals surface area contributed by atoms with Gasteiger partial charge < -0.3 is 15.5 Å². The molecule has 0 amide bonds. The topological polar surface area (TPSA) is 48.6 Å². The Labute approximate surface area is 214 Å². The highest BCUT2D eigenvalue weighted by Gasteiger charge is 2.59. The molecule has 3 N–H and O–H groups in total. The van der Waals surface area contributed by atoms with Gasteiger partial charge in [-0.05, 0) is 113 Å². The molecule has 4 aliphatic carbocycles. The maximum absolute atomic E-state index is 7.08. The minimum atomic E-state index is 0. The van der Waals surface area contributed by atoms with E-state index in [2.05, 4.69) is 55.2 Å². The lowest BCUT2D eigenvalue weighted by Gasteiger charge is -2.55. The van der Waals surface area contributed by atoms with E-state index >= 15 is 0 Å². The lowest BCUT2D eigenvalue weighted by molar-refractivity contribution is -0.0765. The van der Waals surface area contributed by atoms with Crippen molar-refractivity contribution in [1.82, 2.24) is 21.3 Å². The second-order valence-corrected chi connectivity index (χ2v) is 14.1. The number of hydrazine groups is 2. The summed E-state index contributed by atoms with van der Waals surface area (Å²) in [4.78, 5) is 0. The maximum Gasteiger partial charge on any atom is 0.0765 e. The first-order chi connectivity index (χ1) is 16.9. The third-order valence-corrected chi connectivity index (χ3v) is 12.5. The molecule has 3 heterocycles. The van der Waals surface area contributed by atoms with Crippen LogP contribution >= 0.6 is 0 Å². The van der Waals surface area contributed by atoms with Crippen LogP contribution in [0.3, 0.4) is 0 Å². The third kappa shape index (κ3) is 3.43. The van der Waals surface area contributed by atoms with Crippen molar-refractivity contribution in [3.63, 3.8) is 0 Å². The van der Waals surface area contributed by atoms with Gasteiger partial charge in [0.2, 0.25) is 0 Å².